The lowest BCUT2D eigenvalue weighted by molar-refractivity contribution is -0.150. The number of carbonyl (C=O) groups is 4. The number of rotatable bonds is 5. The first-order valence-corrected chi connectivity index (χ1v) is 10.2. The molecule has 2 amide bonds. The first-order valence-electron chi connectivity index (χ1n) is 10.2. The molecule has 1 aliphatic carbocycles. The Morgan fingerprint density at radius 2 is 1.58 bits per heavy atom. The highest BCUT2D eigenvalue weighted by Gasteiger charge is 2.47. The van der Waals surface area contributed by atoms with Crippen LogP contribution in [0.25, 0.3) is 6.08 Å². The van der Waals surface area contributed by atoms with E-state index < -0.39 is 17.5 Å². The molecule has 1 aliphatic heterocycles. The third-order valence-electron chi connectivity index (χ3n) is 5.26. The number of esters is 2. The highest BCUT2D eigenvalue weighted by Crippen LogP contribution is 2.35. The molecule has 0 radical (unpaired) electrons. The van der Waals surface area contributed by atoms with Crippen LogP contribution in [0.1, 0.15) is 49.5 Å². The van der Waals surface area contributed by atoms with E-state index in [0.29, 0.717) is 24.0 Å². The molecule has 31 heavy (non-hydrogen) atoms. The number of hydrogen-bond donors (Lipinski definition) is 0. The van der Waals surface area contributed by atoms with Gasteiger partial charge < -0.3 is 9.47 Å². The summed E-state index contributed by atoms with van der Waals surface area (Å²) in [5, 5.41) is 0. The van der Waals surface area contributed by atoms with Crippen LogP contribution >= 0.6 is 0 Å². The van der Waals surface area contributed by atoms with Crippen LogP contribution in [-0.2, 0) is 23.9 Å². The lowest BCUT2D eigenvalue weighted by Gasteiger charge is -2.22. The van der Waals surface area contributed by atoms with Crippen molar-refractivity contribution >= 4 is 29.8 Å². The minimum atomic E-state index is -0.734. The molecule has 1 aromatic rings. The number of nitrogens with zero attached hydrogens (tertiary/aromatic N) is 1. The number of fused-ring (bicyclic) bond motifs is 1. The van der Waals surface area contributed by atoms with E-state index in [-0.39, 0.29) is 35.8 Å². The average molecular weight is 425 g/mol. The second-order valence-electron chi connectivity index (χ2n) is 8.70. The van der Waals surface area contributed by atoms with Gasteiger partial charge in [-0.15, -0.1) is 0 Å². The van der Waals surface area contributed by atoms with Gasteiger partial charge in [0.1, 0.15) is 5.60 Å². The van der Waals surface area contributed by atoms with Crippen LogP contribution in [0.15, 0.2) is 42.0 Å². The van der Waals surface area contributed by atoms with E-state index in [9.17, 15) is 19.2 Å². The Morgan fingerprint density at radius 1 is 1.03 bits per heavy atom. The predicted molar refractivity (Wildman–Crippen MR) is 114 cm³/mol. The Hall–Kier alpha value is -3.22. The van der Waals surface area contributed by atoms with E-state index >= 15 is 0 Å². The summed E-state index contributed by atoms with van der Waals surface area (Å²) in [5.41, 5.74) is 0.461. The van der Waals surface area contributed by atoms with Gasteiger partial charge in [0.05, 0.1) is 36.6 Å². The quantitative estimate of drug-likeness (QED) is 0.312. The number of carbonyl (C=O) groups excluding carboxylic acids is 4. The van der Waals surface area contributed by atoms with E-state index in [2.05, 4.69) is 0 Å². The number of imide groups is 1. The number of likely N-dealkylation sites (tertiary alicyclic amines) is 1. The van der Waals surface area contributed by atoms with Crippen LogP contribution in [0.5, 0.6) is 0 Å². The molecule has 0 spiro atoms. The maximum Gasteiger partial charge on any atom is 0.337 e. The van der Waals surface area contributed by atoms with E-state index in [1.54, 1.807) is 51.1 Å². The second-order valence-corrected chi connectivity index (χ2v) is 8.70. The van der Waals surface area contributed by atoms with Gasteiger partial charge in [0, 0.05) is 0 Å². The van der Waals surface area contributed by atoms with E-state index in [1.165, 1.54) is 12.0 Å². The normalized spacial score (nSPS) is 21.2. The average Bonchev–Trinajstić information content (AvgIpc) is 2.97. The van der Waals surface area contributed by atoms with E-state index in [1.807, 2.05) is 12.2 Å². The third-order valence-corrected chi connectivity index (χ3v) is 5.26. The molecule has 1 saturated heterocycles. The van der Waals surface area contributed by atoms with Crippen molar-refractivity contribution < 1.29 is 28.7 Å². The molecule has 1 aromatic carbocycles. The van der Waals surface area contributed by atoms with Crippen LogP contribution in [0, 0.1) is 11.8 Å². The molecule has 2 aliphatic rings. The fourth-order valence-corrected chi connectivity index (χ4v) is 3.74. The molecule has 0 N–H and O–H groups in total. The fourth-order valence-electron chi connectivity index (χ4n) is 3.74. The number of methoxy groups -OCH3 is 1. The van der Waals surface area contributed by atoms with Gasteiger partial charge >= 0.3 is 11.9 Å². The van der Waals surface area contributed by atoms with Crippen LogP contribution in [-0.4, -0.2) is 47.9 Å². The zero-order valence-corrected chi connectivity index (χ0v) is 18.2. The maximum atomic E-state index is 12.9. The smallest absolute Gasteiger partial charge is 0.337 e. The Morgan fingerprint density at radius 3 is 2.06 bits per heavy atom. The first kappa shape index (κ1) is 22.5. The molecular formula is C24H27NO6. The number of ether oxygens (including phenoxy) is 2. The summed E-state index contributed by atoms with van der Waals surface area (Å²) in [7, 11) is 1.30. The highest BCUT2D eigenvalue weighted by molar-refractivity contribution is 6.07. The second kappa shape index (κ2) is 8.88. The molecule has 0 bridgehead atoms. The zero-order valence-electron chi connectivity index (χ0n) is 18.2. The minimum Gasteiger partial charge on any atom is -0.465 e. The van der Waals surface area contributed by atoms with Crippen LogP contribution < -0.4 is 0 Å². The summed E-state index contributed by atoms with van der Waals surface area (Å²) in [6.45, 7) is 5.10. The molecule has 1 fully saturated rings. The van der Waals surface area contributed by atoms with Gasteiger partial charge in [0.2, 0.25) is 11.8 Å². The summed E-state index contributed by atoms with van der Waals surface area (Å²) in [6, 6.07) is 6.48. The Bertz CT molecular complexity index is 925. The van der Waals surface area contributed by atoms with Gasteiger partial charge in [0.15, 0.2) is 0 Å². The van der Waals surface area contributed by atoms with Crippen molar-refractivity contribution in [1.29, 1.82) is 0 Å². The van der Waals surface area contributed by atoms with Crippen LogP contribution in [0.3, 0.4) is 0 Å². The van der Waals surface area contributed by atoms with Gasteiger partial charge in [-0.25, -0.2) is 9.59 Å². The van der Waals surface area contributed by atoms with E-state index in [4.69, 9.17) is 9.47 Å². The summed E-state index contributed by atoms with van der Waals surface area (Å²) in [4.78, 5) is 51.4. The third kappa shape index (κ3) is 5.10. The molecule has 7 nitrogen and oxygen atoms in total. The molecule has 2 unspecified atom stereocenters. The summed E-state index contributed by atoms with van der Waals surface area (Å²) >= 11 is 0. The van der Waals surface area contributed by atoms with Crippen molar-refractivity contribution in [3.05, 3.63) is 53.1 Å². The van der Waals surface area contributed by atoms with Gasteiger partial charge in [0.25, 0.3) is 0 Å². The molecule has 0 aromatic heterocycles. The molecule has 2 atom stereocenters. The topological polar surface area (TPSA) is 90.0 Å². The Kier molecular flexibility index (Phi) is 6.43. The molecular weight excluding hydrogens is 398 g/mol. The summed E-state index contributed by atoms with van der Waals surface area (Å²) < 4.78 is 10.2. The number of allylic oxidation sites excluding steroid dienone is 2. The summed E-state index contributed by atoms with van der Waals surface area (Å²) in [6.07, 6.45) is 6.49. The molecule has 1 heterocycles. The summed E-state index contributed by atoms with van der Waals surface area (Å²) in [5.74, 6) is -2.30. The number of amides is 2. The minimum absolute atomic E-state index is 0.154. The zero-order chi connectivity index (χ0) is 22.8. The first-order chi connectivity index (χ1) is 14.6. The molecule has 3 rings (SSSR count). The Labute approximate surface area is 181 Å². The van der Waals surface area contributed by atoms with Gasteiger partial charge in [-0.3, -0.25) is 14.5 Å². The van der Waals surface area contributed by atoms with Gasteiger partial charge in [-0.05, 0) is 57.4 Å². The van der Waals surface area contributed by atoms with Crippen molar-refractivity contribution in [2.24, 2.45) is 11.8 Å². The van der Waals surface area contributed by atoms with Gasteiger partial charge in [-0.2, -0.15) is 0 Å². The van der Waals surface area contributed by atoms with Crippen molar-refractivity contribution in [1.82, 2.24) is 4.90 Å². The lowest BCUT2D eigenvalue weighted by Crippen LogP contribution is -2.36. The molecule has 7 heteroatoms. The number of benzene rings is 1. The Balaban J connectivity index is 1.89. The highest BCUT2D eigenvalue weighted by atomic mass is 16.6. The standard InChI is InChI=1S/C24H27NO6/c1-24(2,3)31-23(29)17(13-15-9-11-16(12-10-15)22(28)30-4)14-25-20(26)18-7-5-6-8-19(18)21(25)27/h5-6,9-13,18-19H,7-8,14H2,1-4H3. The van der Waals surface area contributed by atoms with Crippen molar-refractivity contribution in [2.45, 2.75) is 39.2 Å². The predicted octanol–water partition coefficient (Wildman–Crippen LogP) is 3.15. The number of hydrogen-bond acceptors (Lipinski definition) is 6. The van der Waals surface area contributed by atoms with Crippen LogP contribution in [0.2, 0.25) is 0 Å². The van der Waals surface area contributed by atoms with Crippen molar-refractivity contribution in [2.75, 3.05) is 13.7 Å². The van der Waals surface area contributed by atoms with E-state index in [0.717, 1.165) is 0 Å². The van der Waals surface area contributed by atoms with Crippen molar-refractivity contribution in [3.63, 3.8) is 0 Å². The van der Waals surface area contributed by atoms with Gasteiger partial charge in [-0.1, -0.05) is 24.3 Å². The SMILES string of the molecule is COC(=O)c1ccc(C=C(CN2C(=O)C3CC=CCC3C2=O)C(=O)OC(C)(C)C)cc1. The lowest BCUT2D eigenvalue weighted by atomic mass is 9.85. The molecule has 164 valence electrons. The van der Waals surface area contributed by atoms with Crippen LogP contribution in [0.4, 0.5) is 0 Å². The largest absolute Gasteiger partial charge is 0.465 e. The van der Waals surface area contributed by atoms with Crippen molar-refractivity contribution in [3.8, 4) is 0 Å². The maximum absolute atomic E-state index is 12.9. The monoisotopic (exact) mass is 425 g/mol. The fraction of sp³-hybridized carbons (Fsp3) is 0.417. The molecule has 0 saturated carbocycles.